The van der Waals surface area contributed by atoms with Crippen LogP contribution in [0.2, 0.25) is 0 Å². The van der Waals surface area contributed by atoms with Gasteiger partial charge in [0.05, 0.1) is 0 Å². The lowest BCUT2D eigenvalue weighted by Gasteiger charge is -2.26. The molecule has 0 heterocycles. The summed E-state index contributed by atoms with van der Waals surface area (Å²) in [7, 11) is 1.05. The van der Waals surface area contributed by atoms with Crippen molar-refractivity contribution in [1.82, 2.24) is 0 Å². The van der Waals surface area contributed by atoms with Crippen molar-refractivity contribution < 1.29 is 18.3 Å². The summed E-state index contributed by atoms with van der Waals surface area (Å²) in [5.74, 6) is 0. The molecule has 0 saturated heterocycles. The lowest BCUT2D eigenvalue weighted by atomic mass is 10.1. The van der Waals surface area contributed by atoms with E-state index in [9.17, 15) is 4.57 Å². The minimum absolute atomic E-state index is 0.401. The normalized spacial score (nSPS) is 15.5. The monoisotopic (exact) mass is 322 g/mol. The van der Waals surface area contributed by atoms with Gasteiger partial charge in [0, 0.05) is 21.3 Å². The van der Waals surface area contributed by atoms with Gasteiger partial charge in [0.1, 0.15) is 10.7 Å². The zero-order valence-corrected chi connectivity index (χ0v) is 12.5. The van der Waals surface area contributed by atoms with Gasteiger partial charge in [-0.2, -0.15) is 0 Å². The van der Waals surface area contributed by atoms with Crippen LogP contribution in [0.3, 0.4) is 0 Å². The van der Waals surface area contributed by atoms with E-state index in [1.54, 1.807) is 7.11 Å². The molecular formula is C11H16BrO4P. The van der Waals surface area contributed by atoms with Gasteiger partial charge >= 0.3 is 7.60 Å². The van der Waals surface area contributed by atoms with Crippen molar-refractivity contribution in [3.8, 4) is 0 Å². The Morgan fingerprint density at radius 1 is 1.12 bits per heavy atom. The SMILES string of the molecule is CO[C@H](c1ccccc1)[C@H](Br)P(=O)(OC)OC. The lowest BCUT2D eigenvalue weighted by Crippen LogP contribution is -2.16. The first kappa shape index (κ1) is 14.9. The molecule has 1 aromatic rings. The van der Waals surface area contributed by atoms with E-state index in [0.29, 0.717) is 0 Å². The molecule has 17 heavy (non-hydrogen) atoms. The summed E-state index contributed by atoms with van der Waals surface area (Å²) in [6.07, 6.45) is -0.401. The number of halogens is 1. The average molecular weight is 323 g/mol. The molecule has 0 N–H and O–H groups in total. The molecule has 96 valence electrons. The van der Waals surface area contributed by atoms with Crippen molar-refractivity contribution >= 4 is 23.5 Å². The first-order chi connectivity index (χ1) is 8.09. The number of benzene rings is 1. The third-order valence-electron chi connectivity index (χ3n) is 2.44. The van der Waals surface area contributed by atoms with E-state index < -0.39 is 18.3 Å². The van der Waals surface area contributed by atoms with Crippen LogP contribution in [0.5, 0.6) is 0 Å². The van der Waals surface area contributed by atoms with Crippen molar-refractivity contribution in [2.24, 2.45) is 0 Å². The minimum atomic E-state index is -3.22. The first-order valence-corrected chi connectivity index (χ1v) is 7.54. The van der Waals surface area contributed by atoms with E-state index >= 15 is 0 Å². The van der Waals surface area contributed by atoms with Gasteiger partial charge in [-0.05, 0) is 5.56 Å². The quantitative estimate of drug-likeness (QED) is 0.593. The Labute approximate surface area is 110 Å². The highest BCUT2D eigenvalue weighted by Crippen LogP contribution is 2.58. The molecule has 4 nitrogen and oxygen atoms in total. The van der Waals surface area contributed by atoms with Crippen LogP contribution < -0.4 is 0 Å². The Hall–Kier alpha value is -0.190. The van der Waals surface area contributed by atoms with Gasteiger partial charge < -0.3 is 13.8 Å². The van der Waals surface area contributed by atoms with Gasteiger partial charge in [-0.15, -0.1) is 0 Å². The molecule has 0 amide bonds. The van der Waals surface area contributed by atoms with Crippen LogP contribution in [0.1, 0.15) is 11.7 Å². The number of hydrogen-bond acceptors (Lipinski definition) is 4. The third-order valence-corrected chi connectivity index (χ3v) is 6.32. The van der Waals surface area contributed by atoms with Crippen LogP contribution in [0.25, 0.3) is 0 Å². The van der Waals surface area contributed by atoms with Gasteiger partial charge in [-0.3, -0.25) is 4.57 Å². The van der Waals surface area contributed by atoms with Crippen LogP contribution in [-0.4, -0.2) is 25.9 Å². The predicted molar refractivity (Wildman–Crippen MR) is 70.5 cm³/mol. The fourth-order valence-electron chi connectivity index (χ4n) is 1.49. The van der Waals surface area contributed by atoms with Crippen molar-refractivity contribution in [2.45, 2.75) is 10.7 Å². The molecule has 0 bridgehead atoms. The molecule has 0 unspecified atom stereocenters. The Kier molecular flexibility index (Phi) is 5.83. The second kappa shape index (κ2) is 6.66. The van der Waals surface area contributed by atoms with Gasteiger partial charge in [-0.1, -0.05) is 46.3 Å². The van der Waals surface area contributed by atoms with Gasteiger partial charge in [-0.25, -0.2) is 0 Å². The van der Waals surface area contributed by atoms with Gasteiger partial charge in [0.25, 0.3) is 0 Å². The summed E-state index contributed by atoms with van der Waals surface area (Å²) >= 11 is 3.35. The second-order valence-electron chi connectivity index (χ2n) is 3.34. The van der Waals surface area contributed by atoms with E-state index in [-0.39, 0.29) is 0 Å². The smallest absolute Gasteiger partial charge is 0.346 e. The summed E-state index contributed by atoms with van der Waals surface area (Å²) in [5.41, 5.74) is 0.909. The molecular weight excluding hydrogens is 307 g/mol. The summed E-state index contributed by atoms with van der Waals surface area (Å²) in [6, 6.07) is 9.50. The number of methoxy groups -OCH3 is 1. The fraction of sp³-hybridized carbons (Fsp3) is 0.455. The maximum absolute atomic E-state index is 12.3. The van der Waals surface area contributed by atoms with Crippen molar-refractivity contribution in [3.05, 3.63) is 35.9 Å². The summed E-state index contributed by atoms with van der Waals surface area (Å²) < 4.78 is 27.0. The van der Waals surface area contributed by atoms with Crippen LogP contribution in [0.4, 0.5) is 0 Å². The standard InChI is InChI=1S/C11H16BrO4P/c1-14-10(9-7-5-4-6-8-9)11(12)17(13,15-2)16-3/h4-8,10-11H,1-3H3/t10-,11-/m1/s1. The van der Waals surface area contributed by atoms with Crippen LogP contribution in [0.15, 0.2) is 30.3 Å². The van der Waals surface area contributed by atoms with Gasteiger partial charge in [0.2, 0.25) is 0 Å². The van der Waals surface area contributed by atoms with Crippen LogP contribution in [-0.2, 0) is 18.3 Å². The molecule has 2 atom stereocenters. The molecule has 0 saturated carbocycles. The van der Waals surface area contributed by atoms with E-state index in [2.05, 4.69) is 15.9 Å². The van der Waals surface area contributed by atoms with E-state index in [1.165, 1.54) is 14.2 Å². The molecule has 6 heteroatoms. The van der Waals surface area contributed by atoms with E-state index in [4.69, 9.17) is 13.8 Å². The molecule has 0 spiro atoms. The average Bonchev–Trinajstić information content (AvgIpc) is 2.39. The van der Waals surface area contributed by atoms with Crippen molar-refractivity contribution in [1.29, 1.82) is 0 Å². The predicted octanol–water partition coefficient (Wildman–Crippen LogP) is 3.58. The Bertz CT molecular complexity index is 376. The highest BCUT2D eigenvalue weighted by molar-refractivity contribution is 9.10. The Morgan fingerprint density at radius 2 is 1.65 bits per heavy atom. The molecule has 0 aromatic heterocycles. The van der Waals surface area contributed by atoms with Gasteiger partial charge in [0.15, 0.2) is 0 Å². The topological polar surface area (TPSA) is 44.8 Å². The molecule has 0 radical (unpaired) electrons. The van der Waals surface area contributed by atoms with Crippen molar-refractivity contribution in [3.63, 3.8) is 0 Å². The minimum Gasteiger partial charge on any atom is -0.375 e. The zero-order chi connectivity index (χ0) is 12.9. The number of rotatable bonds is 6. The summed E-state index contributed by atoms with van der Waals surface area (Å²) in [5, 5.41) is 0. The van der Waals surface area contributed by atoms with E-state index in [1.807, 2.05) is 30.3 Å². The molecule has 1 rings (SSSR count). The lowest BCUT2D eigenvalue weighted by molar-refractivity contribution is 0.108. The van der Waals surface area contributed by atoms with Crippen molar-refractivity contribution in [2.75, 3.05) is 21.3 Å². The molecule has 0 aliphatic rings. The summed E-state index contributed by atoms with van der Waals surface area (Å²) in [4.78, 5) is 0. The van der Waals surface area contributed by atoms with Crippen LogP contribution >= 0.6 is 23.5 Å². The Morgan fingerprint density at radius 3 is 2.06 bits per heavy atom. The molecule has 0 fully saturated rings. The third kappa shape index (κ3) is 3.39. The highest BCUT2D eigenvalue weighted by Gasteiger charge is 2.39. The summed E-state index contributed by atoms with van der Waals surface area (Å²) in [6.45, 7) is 0. The molecule has 0 aliphatic carbocycles. The first-order valence-electron chi connectivity index (χ1n) is 5.02. The largest absolute Gasteiger partial charge is 0.375 e. The second-order valence-corrected chi connectivity index (χ2v) is 7.41. The van der Waals surface area contributed by atoms with E-state index in [0.717, 1.165) is 5.56 Å². The van der Waals surface area contributed by atoms with Crippen LogP contribution in [0, 0.1) is 0 Å². The zero-order valence-electron chi connectivity index (χ0n) is 10.00. The number of ether oxygens (including phenoxy) is 1. The number of alkyl halides is 1. The highest BCUT2D eigenvalue weighted by atomic mass is 79.9. The fourth-order valence-corrected chi connectivity index (χ4v) is 4.19. The maximum atomic E-state index is 12.3. The maximum Gasteiger partial charge on any atom is 0.346 e. The molecule has 0 aliphatic heterocycles. The Balaban J connectivity index is 3.00. The molecule has 1 aromatic carbocycles. The number of hydrogen-bond donors (Lipinski definition) is 0.